The van der Waals surface area contributed by atoms with Gasteiger partial charge in [-0.3, -0.25) is 4.79 Å². The van der Waals surface area contributed by atoms with Gasteiger partial charge in [0.15, 0.2) is 0 Å². The quantitative estimate of drug-likeness (QED) is 0.816. The fourth-order valence-electron chi connectivity index (χ4n) is 1.87. The van der Waals surface area contributed by atoms with Crippen LogP contribution in [0.15, 0.2) is 12.1 Å². The molecule has 0 spiro atoms. The Bertz CT molecular complexity index is 449. The average Bonchev–Trinajstić information content (AvgIpc) is 2.33. The van der Waals surface area contributed by atoms with Crippen LogP contribution in [0.3, 0.4) is 0 Å². The molecule has 0 amide bonds. The summed E-state index contributed by atoms with van der Waals surface area (Å²) in [5.74, 6) is 0.328. The number of hydrogen-bond donors (Lipinski definition) is 1. The second kappa shape index (κ2) is 7.36. The van der Waals surface area contributed by atoms with Gasteiger partial charge < -0.3 is 15.2 Å². The molecule has 0 aliphatic carbocycles. The first-order chi connectivity index (χ1) is 8.99. The Balaban J connectivity index is 2.95. The predicted octanol–water partition coefficient (Wildman–Crippen LogP) is 2.48. The van der Waals surface area contributed by atoms with Crippen LogP contribution in [0.5, 0.6) is 5.75 Å². The first-order valence-corrected chi connectivity index (χ1v) is 6.71. The van der Waals surface area contributed by atoms with Crippen molar-refractivity contribution < 1.29 is 14.3 Å². The zero-order chi connectivity index (χ0) is 14.4. The third kappa shape index (κ3) is 4.40. The minimum absolute atomic E-state index is 0.319. The predicted molar refractivity (Wildman–Crippen MR) is 75.7 cm³/mol. The van der Waals surface area contributed by atoms with Crippen LogP contribution in [0, 0.1) is 6.92 Å². The maximum atomic E-state index is 11.6. The Morgan fingerprint density at radius 2 is 2.05 bits per heavy atom. The minimum Gasteiger partial charge on any atom is -0.493 e. The monoisotopic (exact) mass is 285 g/mol. The van der Waals surface area contributed by atoms with E-state index in [0.29, 0.717) is 24.7 Å². The van der Waals surface area contributed by atoms with E-state index in [1.165, 1.54) is 0 Å². The Labute approximate surface area is 118 Å². The van der Waals surface area contributed by atoms with Gasteiger partial charge in [0, 0.05) is 11.4 Å². The van der Waals surface area contributed by atoms with Crippen molar-refractivity contribution in [1.29, 1.82) is 0 Å². The molecular formula is C14H20ClNO3. The molecule has 1 aromatic rings. The summed E-state index contributed by atoms with van der Waals surface area (Å²) >= 11 is 6.03. The summed E-state index contributed by atoms with van der Waals surface area (Å²) in [4.78, 5) is 11.6. The lowest BCUT2D eigenvalue weighted by Gasteiger charge is -2.16. The summed E-state index contributed by atoms with van der Waals surface area (Å²) in [5.41, 5.74) is 7.58. The van der Waals surface area contributed by atoms with Crippen LogP contribution < -0.4 is 10.5 Å². The number of benzene rings is 1. The zero-order valence-electron chi connectivity index (χ0n) is 11.5. The van der Waals surface area contributed by atoms with E-state index < -0.39 is 12.0 Å². The normalized spacial score (nSPS) is 12.1. The van der Waals surface area contributed by atoms with E-state index in [0.717, 1.165) is 16.9 Å². The summed E-state index contributed by atoms with van der Waals surface area (Å²) in [6.45, 7) is 6.43. The number of ether oxygens (including phenoxy) is 2. The number of aryl methyl sites for hydroxylation is 1. The van der Waals surface area contributed by atoms with Crippen LogP contribution in [0.25, 0.3) is 0 Å². The lowest BCUT2D eigenvalue weighted by molar-refractivity contribution is -0.144. The second-order valence-corrected chi connectivity index (χ2v) is 4.64. The summed E-state index contributed by atoms with van der Waals surface area (Å²) < 4.78 is 10.5. The molecule has 2 N–H and O–H groups in total. The van der Waals surface area contributed by atoms with Crippen molar-refractivity contribution in [1.82, 2.24) is 0 Å². The van der Waals surface area contributed by atoms with E-state index in [-0.39, 0.29) is 0 Å². The highest BCUT2D eigenvalue weighted by Gasteiger charge is 2.19. The Morgan fingerprint density at radius 3 is 2.63 bits per heavy atom. The molecule has 1 rings (SSSR count). The molecule has 1 atom stereocenters. The van der Waals surface area contributed by atoms with Crippen LogP contribution in [0.1, 0.15) is 25.0 Å². The molecule has 0 heterocycles. The molecule has 0 saturated heterocycles. The van der Waals surface area contributed by atoms with Gasteiger partial charge in [-0.15, -0.1) is 0 Å². The third-order valence-electron chi connectivity index (χ3n) is 2.63. The van der Waals surface area contributed by atoms with Gasteiger partial charge in [0.25, 0.3) is 0 Å². The molecule has 0 saturated carbocycles. The molecule has 0 radical (unpaired) electrons. The number of hydrogen-bond acceptors (Lipinski definition) is 4. The Morgan fingerprint density at radius 1 is 1.37 bits per heavy atom. The molecule has 0 aromatic heterocycles. The molecule has 1 aromatic carbocycles. The lowest BCUT2D eigenvalue weighted by atomic mass is 10.0. The highest BCUT2D eigenvalue weighted by Crippen LogP contribution is 2.28. The van der Waals surface area contributed by atoms with Crippen molar-refractivity contribution in [2.75, 3.05) is 13.2 Å². The second-order valence-electron chi connectivity index (χ2n) is 4.21. The first kappa shape index (κ1) is 15.8. The number of esters is 1. The van der Waals surface area contributed by atoms with E-state index >= 15 is 0 Å². The van der Waals surface area contributed by atoms with Gasteiger partial charge in [0.1, 0.15) is 11.8 Å². The maximum absolute atomic E-state index is 11.6. The molecule has 4 nitrogen and oxygen atoms in total. The van der Waals surface area contributed by atoms with Crippen molar-refractivity contribution in [3.8, 4) is 5.75 Å². The van der Waals surface area contributed by atoms with Gasteiger partial charge in [-0.25, -0.2) is 0 Å². The van der Waals surface area contributed by atoms with Crippen molar-refractivity contribution in [2.45, 2.75) is 33.2 Å². The summed E-state index contributed by atoms with van der Waals surface area (Å²) in [6, 6.07) is 2.89. The first-order valence-electron chi connectivity index (χ1n) is 6.33. The van der Waals surface area contributed by atoms with Crippen LogP contribution in [-0.2, 0) is 16.0 Å². The highest BCUT2D eigenvalue weighted by molar-refractivity contribution is 6.30. The highest BCUT2D eigenvalue weighted by atomic mass is 35.5. The fraction of sp³-hybridized carbons (Fsp3) is 0.500. The van der Waals surface area contributed by atoms with Gasteiger partial charge in [-0.1, -0.05) is 11.6 Å². The topological polar surface area (TPSA) is 61.5 Å². The Kier molecular flexibility index (Phi) is 6.12. The van der Waals surface area contributed by atoms with Gasteiger partial charge in [-0.2, -0.15) is 0 Å². The molecule has 1 unspecified atom stereocenters. The van der Waals surface area contributed by atoms with Gasteiger partial charge in [0.05, 0.1) is 13.2 Å². The van der Waals surface area contributed by atoms with Crippen molar-refractivity contribution in [3.63, 3.8) is 0 Å². The molecule has 0 bridgehead atoms. The molecule has 0 aliphatic heterocycles. The standard InChI is InChI=1S/C14H20ClNO3/c1-4-18-13-9(3)6-11(15)7-10(13)8-12(16)14(17)19-5-2/h6-7,12H,4-5,8,16H2,1-3H3. The maximum Gasteiger partial charge on any atom is 0.323 e. The molecule has 0 aliphatic rings. The van der Waals surface area contributed by atoms with Crippen LogP contribution in [0.4, 0.5) is 0 Å². The minimum atomic E-state index is -0.711. The van der Waals surface area contributed by atoms with E-state index in [1.807, 2.05) is 19.9 Å². The number of carbonyl (C=O) groups excluding carboxylic acids is 1. The number of carbonyl (C=O) groups is 1. The fourth-order valence-corrected chi connectivity index (χ4v) is 2.17. The average molecular weight is 286 g/mol. The van der Waals surface area contributed by atoms with Gasteiger partial charge >= 0.3 is 5.97 Å². The van der Waals surface area contributed by atoms with Crippen molar-refractivity contribution in [3.05, 3.63) is 28.3 Å². The number of nitrogens with two attached hydrogens (primary N) is 1. The molecule has 19 heavy (non-hydrogen) atoms. The number of rotatable bonds is 6. The van der Waals surface area contributed by atoms with Crippen LogP contribution in [0.2, 0.25) is 5.02 Å². The molecular weight excluding hydrogens is 266 g/mol. The Hall–Kier alpha value is -1.26. The lowest BCUT2D eigenvalue weighted by Crippen LogP contribution is -2.34. The van der Waals surface area contributed by atoms with E-state index in [4.69, 9.17) is 26.8 Å². The summed E-state index contributed by atoms with van der Waals surface area (Å²) in [6.07, 6.45) is 0.343. The van der Waals surface area contributed by atoms with Gasteiger partial charge in [0.2, 0.25) is 0 Å². The molecule has 106 valence electrons. The van der Waals surface area contributed by atoms with E-state index in [1.54, 1.807) is 13.0 Å². The van der Waals surface area contributed by atoms with Crippen molar-refractivity contribution in [2.24, 2.45) is 5.73 Å². The smallest absolute Gasteiger partial charge is 0.323 e. The van der Waals surface area contributed by atoms with Crippen molar-refractivity contribution >= 4 is 17.6 Å². The SMILES string of the molecule is CCOC(=O)C(N)Cc1cc(Cl)cc(C)c1OCC. The van der Waals surface area contributed by atoms with Crippen LogP contribution >= 0.6 is 11.6 Å². The number of halogens is 1. The van der Waals surface area contributed by atoms with E-state index in [2.05, 4.69) is 0 Å². The van der Waals surface area contributed by atoms with E-state index in [9.17, 15) is 4.79 Å². The van der Waals surface area contributed by atoms with Crippen LogP contribution in [-0.4, -0.2) is 25.2 Å². The summed E-state index contributed by atoms with van der Waals surface area (Å²) in [5, 5.41) is 0.604. The summed E-state index contributed by atoms with van der Waals surface area (Å²) in [7, 11) is 0. The van der Waals surface area contributed by atoms with Gasteiger partial charge in [-0.05, 0) is 44.0 Å². The third-order valence-corrected chi connectivity index (χ3v) is 2.85. The molecule has 0 fully saturated rings. The molecule has 5 heteroatoms. The largest absolute Gasteiger partial charge is 0.493 e. The zero-order valence-corrected chi connectivity index (χ0v) is 12.3.